The molecule has 0 saturated carbocycles. The van der Waals surface area contributed by atoms with Crippen molar-refractivity contribution in [3.8, 4) is 5.75 Å². The number of ether oxygens (including phenoxy) is 1. The first-order valence-electron chi connectivity index (χ1n) is 4.93. The first kappa shape index (κ1) is 13.0. The number of rotatable bonds is 3. The van der Waals surface area contributed by atoms with Gasteiger partial charge in [-0.2, -0.15) is 0 Å². The van der Waals surface area contributed by atoms with Crippen molar-refractivity contribution in [3.05, 3.63) is 29.8 Å². The summed E-state index contributed by atoms with van der Waals surface area (Å²) in [6, 6.07) is 7.53. The second-order valence-electron chi connectivity index (χ2n) is 3.14. The van der Waals surface area contributed by atoms with Crippen LogP contribution in [0.15, 0.2) is 24.3 Å². The molecule has 1 N–H and O–H groups in total. The summed E-state index contributed by atoms with van der Waals surface area (Å²) in [5.74, 6) is 0.431. The van der Waals surface area contributed by atoms with Crippen LogP contribution in [0, 0.1) is 0 Å². The number of hydrogen-bond donors (Lipinski definition) is 1. The fourth-order valence-corrected chi connectivity index (χ4v) is 1.09. The molecule has 1 aromatic carbocycles. The maximum Gasteiger partial charge on any atom is 0.118 e. The van der Waals surface area contributed by atoms with Gasteiger partial charge in [-0.05, 0) is 24.5 Å². The molecule has 80 valence electrons. The van der Waals surface area contributed by atoms with Crippen molar-refractivity contribution in [2.24, 2.45) is 0 Å². The molecule has 0 aliphatic carbocycles. The predicted octanol–water partition coefficient (Wildman–Crippen LogP) is 3.00. The molecule has 0 fully saturated rings. The zero-order chi connectivity index (χ0) is 10.8. The molecule has 0 amide bonds. The van der Waals surface area contributed by atoms with Gasteiger partial charge < -0.3 is 9.84 Å². The molecule has 0 bridgehead atoms. The molecule has 0 spiro atoms. The van der Waals surface area contributed by atoms with Crippen molar-refractivity contribution >= 4 is 0 Å². The lowest BCUT2D eigenvalue weighted by atomic mass is 10.1. The lowest BCUT2D eigenvalue weighted by molar-refractivity contribution is 0.277. The fourth-order valence-electron chi connectivity index (χ4n) is 1.09. The molecule has 1 rings (SSSR count). The highest BCUT2D eigenvalue weighted by Crippen LogP contribution is 2.17. The van der Waals surface area contributed by atoms with Crippen LogP contribution in [-0.2, 0) is 11.2 Å². The molecule has 0 unspecified atom stereocenters. The Morgan fingerprint density at radius 3 is 2.29 bits per heavy atom. The number of para-hydroxylation sites is 1. The van der Waals surface area contributed by atoms with Gasteiger partial charge in [0.15, 0.2) is 0 Å². The van der Waals surface area contributed by atoms with Crippen LogP contribution >= 0.6 is 0 Å². The number of aryl methyl sites for hydroxylation is 1. The van der Waals surface area contributed by atoms with Gasteiger partial charge in [0.25, 0.3) is 0 Å². The third kappa shape index (κ3) is 5.60. The average molecular weight is 196 g/mol. The predicted molar refractivity (Wildman–Crippen MR) is 59.7 cm³/mol. The summed E-state index contributed by atoms with van der Waals surface area (Å²) in [6.45, 7) is 2.15. The average Bonchev–Trinajstić information content (AvgIpc) is 2.18. The molecule has 0 aliphatic rings. The smallest absolute Gasteiger partial charge is 0.118 e. The lowest BCUT2D eigenvalue weighted by Gasteiger charge is -2.01. The number of methoxy groups -OCH3 is 1. The van der Waals surface area contributed by atoms with Gasteiger partial charge in [0.2, 0.25) is 0 Å². The highest BCUT2D eigenvalue weighted by molar-refractivity contribution is 5.31. The Hall–Kier alpha value is -1.02. The van der Waals surface area contributed by atoms with Crippen LogP contribution in [0.3, 0.4) is 0 Å². The molecule has 0 aromatic heterocycles. The molecule has 1 aromatic rings. The van der Waals surface area contributed by atoms with Gasteiger partial charge in [0.05, 0.1) is 0 Å². The van der Waals surface area contributed by atoms with Crippen LogP contribution in [0.4, 0.5) is 0 Å². The lowest BCUT2D eigenvalue weighted by Crippen LogP contribution is -1.83. The zero-order valence-corrected chi connectivity index (χ0v) is 9.29. The van der Waals surface area contributed by atoms with Crippen LogP contribution in [-0.4, -0.2) is 19.3 Å². The van der Waals surface area contributed by atoms with E-state index in [2.05, 4.69) is 11.7 Å². The van der Waals surface area contributed by atoms with Gasteiger partial charge in [-0.25, -0.2) is 0 Å². The Morgan fingerprint density at radius 1 is 1.21 bits per heavy atom. The molecule has 14 heavy (non-hydrogen) atoms. The van der Waals surface area contributed by atoms with Crippen molar-refractivity contribution in [2.75, 3.05) is 14.2 Å². The summed E-state index contributed by atoms with van der Waals surface area (Å²) in [5.41, 5.74) is 1.06. The number of phenolic OH excluding ortho intramolecular Hbond substituents is 1. The van der Waals surface area contributed by atoms with E-state index in [1.807, 2.05) is 18.2 Å². The Kier molecular flexibility index (Phi) is 7.95. The van der Waals surface area contributed by atoms with Crippen LogP contribution < -0.4 is 0 Å². The van der Waals surface area contributed by atoms with Crippen molar-refractivity contribution in [3.63, 3.8) is 0 Å². The Balaban J connectivity index is 0.000000500. The van der Waals surface area contributed by atoms with Gasteiger partial charge >= 0.3 is 0 Å². The van der Waals surface area contributed by atoms with Gasteiger partial charge in [-0.1, -0.05) is 31.5 Å². The number of phenols is 1. The van der Waals surface area contributed by atoms with E-state index in [0.717, 1.165) is 18.4 Å². The Bertz CT molecular complexity index is 234. The normalized spacial score (nSPS) is 9.07. The van der Waals surface area contributed by atoms with E-state index in [1.54, 1.807) is 20.3 Å². The second kappa shape index (κ2) is 8.57. The molecule has 2 nitrogen and oxygen atoms in total. The summed E-state index contributed by atoms with van der Waals surface area (Å²) in [5, 5.41) is 9.34. The molecular weight excluding hydrogens is 176 g/mol. The van der Waals surface area contributed by atoms with Gasteiger partial charge in [0.1, 0.15) is 5.75 Å². The quantitative estimate of drug-likeness (QED) is 0.805. The minimum absolute atomic E-state index is 0.431. The monoisotopic (exact) mass is 196 g/mol. The highest BCUT2D eigenvalue weighted by atomic mass is 16.4. The van der Waals surface area contributed by atoms with E-state index in [0.29, 0.717) is 5.75 Å². The summed E-state index contributed by atoms with van der Waals surface area (Å²) >= 11 is 0. The summed E-state index contributed by atoms with van der Waals surface area (Å²) in [4.78, 5) is 0. The molecule has 0 heterocycles. The van der Waals surface area contributed by atoms with Gasteiger partial charge in [-0.15, -0.1) is 0 Å². The van der Waals surface area contributed by atoms with Gasteiger partial charge in [0, 0.05) is 14.2 Å². The minimum atomic E-state index is 0.431. The van der Waals surface area contributed by atoms with Crippen LogP contribution in [0.5, 0.6) is 5.75 Å². The molecule has 0 saturated heterocycles. The third-order valence-corrected chi connectivity index (χ3v) is 1.79. The summed E-state index contributed by atoms with van der Waals surface area (Å²) in [7, 11) is 3.25. The summed E-state index contributed by atoms with van der Waals surface area (Å²) in [6.07, 6.45) is 3.31. The van der Waals surface area contributed by atoms with Crippen molar-refractivity contribution in [1.29, 1.82) is 0 Å². The number of benzene rings is 1. The summed E-state index contributed by atoms with van der Waals surface area (Å²) < 4.78 is 4.25. The number of aromatic hydroxyl groups is 1. The first-order chi connectivity index (χ1) is 6.76. The molecule has 0 aliphatic heterocycles. The van der Waals surface area contributed by atoms with E-state index < -0.39 is 0 Å². The van der Waals surface area contributed by atoms with Gasteiger partial charge in [-0.3, -0.25) is 0 Å². The standard InChI is InChI=1S/C10H14O.C2H6O/c1-2-3-6-9-7-4-5-8-10(9)11;1-3-2/h4-5,7-8,11H,2-3,6H2,1H3;1-2H3. The second-order valence-corrected chi connectivity index (χ2v) is 3.14. The topological polar surface area (TPSA) is 29.5 Å². The van der Waals surface area contributed by atoms with E-state index in [1.165, 1.54) is 6.42 Å². The fraction of sp³-hybridized carbons (Fsp3) is 0.500. The maximum absolute atomic E-state index is 9.34. The Labute approximate surface area is 86.5 Å². The molecule has 0 radical (unpaired) electrons. The number of unbranched alkanes of at least 4 members (excludes halogenated alkanes) is 1. The van der Waals surface area contributed by atoms with E-state index in [4.69, 9.17) is 0 Å². The highest BCUT2D eigenvalue weighted by Gasteiger charge is 1.96. The molecular formula is C12H20O2. The maximum atomic E-state index is 9.34. The molecule has 2 heteroatoms. The van der Waals surface area contributed by atoms with Crippen molar-refractivity contribution < 1.29 is 9.84 Å². The van der Waals surface area contributed by atoms with Crippen LogP contribution in [0.25, 0.3) is 0 Å². The largest absolute Gasteiger partial charge is 0.508 e. The minimum Gasteiger partial charge on any atom is -0.508 e. The van der Waals surface area contributed by atoms with E-state index >= 15 is 0 Å². The van der Waals surface area contributed by atoms with Crippen LogP contribution in [0.1, 0.15) is 25.3 Å². The van der Waals surface area contributed by atoms with E-state index in [9.17, 15) is 5.11 Å². The van der Waals surface area contributed by atoms with Crippen LogP contribution in [0.2, 0.25) is 0 Å². The van der Waals surface area contributed by atoms with Crippen molar-refractivity contribution in [1.82, 2.24) is 0 Å². The Morgan fingerprint density at radius 2 is 1.79 bits per heavy atom. The zero-order valence-electron chi connectivity index (χ0n) is 9.29. The van der Waals surface area contributed by atoms with Crippen molar-refractivity contribution in [2.45, 2.75) is 26.2 Å². The SMILES string of the molecule is CCCCc1ccccc1O.COC. The third-order valence-electron chi connectivity index (χ3n) is 1.79. The number of hydrogen-bond acceptors (Lipinski definition) is 2. The molecule has 0 atom stereocenters. The first-order valence-corrected chi connectivity index (χ1v) is 4.93. The van der Waals surface area contributed by atoms with E-state index in [-0.39, 0.29) is 0 Å².